The van der Waals surface area contributed by atoms with E-state index in [0.29, 0.717) is 23.5 Å². The lowest BCUT2D eigenvalue weighted by Gasteiger charge is -2.09. The van der Waals surface area contributed by atoms with Gasteiger partial charge in [-0.1, -0.05) is 42.5 Å². The molecule has 3 aromatic rings. The third kappa shape index (κ3) is 5.38. The molecular formula is C23H22N2O3. The summed E-state index contributed by atoms with van der Waals surface area (Å²) < 4.78 is 5.00. The predicted octanol–water partition coefficient (Wildman–Crippen LogP) is 4.66. The Labute approximate surface area is 164 Å². The van der Waals surface area contributed by atoms with Crippen molar-refractivity contribution in [2.45, 2.75) is 6.54 Å². The molecule has 0 atom stereocenters. The Morgan fingerprint density at radius 1 is 1.00 bits per heavy atom. The van der Waals surface area contributed by atoms with E-state index in [1.807, 2.05) is 42.5 Å². The first-order valence-electron chi connectivity index (χ1n) is 8.88. The highest BCUT2D eigenvalue weighted by Crippen LogP contribution is 2.26. The van der Waals surface area contributed by atoms with Gasteiger partial charge in [-0.15, -0.1) is 0 Å². The largest absolute Gasteiger partial charge is 0.504 e. The highest BCUT2D eigenvalue weighted by atomic mass is 16.5. The summed E-state index contributed by atoms with van der Waals surface area (Å²) in [5.74, 6) is 0.166. The van der Waals surface area contributed by atoms with E-state index in [4.69, 9.17) is 4.74 Å². The van der Waals surface area contributed by atoms with E-state index in [-0.39, 0.29) is 11.7 Å². The van der Waals surface area contributed by atoms with Gasteiger partial charge in [0.05, 0.1) is 7.11 Å². The number of methoxy groups -OCH3 is 1. The van der Waals surface area contributed by atoms with Crippen molar-refractivity contribution in [1.82, 2.24) is 0 Å². The van der Waals surface area contributed by atoms with Crippen LogP contribution in [0.15, 0.2) is 78.9 Å². The Morgan fingerprint density at radius 3 is 2.54 bits per heavy atom. The highest BCUT2D eigenvalue weighted by Gasteiger charge is 2.02. The molecule has 5 heteroatoms. The summed E-state index contributed by atoms with van der Waals surface area (Å²) in [6.07, 6.45) is 3.05. The summed E-state index contributed by atoms with van der Waals surface area (Å²) in [6, 6.07) is 22.6. The van der Waals surface area contributed by atoms with Gasteiger partial charge in [0, 0.05) is 24.0 Å². The van der Waals surface area contributed by atoms with Crippen LogP contribution < -0.4 is 15.4 Å². The van der Waals surface area contributed by atoms with Crippen LogP contribution in [0, 0.1) is 0 Å². The summed E-state index contributed by atoms with van der Waals surface area (Å²) in [6.45, 7) is 0.707. The maximum atomic E-state index is 12.2. The molecule has 142 valence electrons. The lowest BCUT2D eigenvalue weighted by atomic mass is 10.2. The Morgan fingerprint density at radius 2 is 1.79 bits per heavy atom. The number of hydrogen-bond acceptors (Lipinski definition) is 4. The number of nitrogens with one attached hydrogen (secondary N) is 2. The second-order valence-corrected chi connectivity index (χ2v) is 6.17. The number of carbonyl (C=O) groups excluding carboxylic acids is 1. The summed E-state index contributed by atoms with van der Waals surface area (Å²) in [7, 11) is 1.49. The van der Waals surface area contributed by atoms with Crippen LogP contribution in [0.5, 0.6) is 11.5 Å². The second-order valence-electron chi connectivity index (χ2n) is 6.17. The molecule has 3 rings (SSSR count). The first-order valence-corrected chi connectivity index (χ1v) is 8.88. The quantitative estimate of drug-likeness (QED) is 0.526. The van der Waals surface area contributed by atoms with Gasteiger partial charge < -0.3 is 20.5 Å². The van der Waals surface area contributed by atoms with Gasteiger partial charge in [-0.2, -0.15) is 0 Å². The van der Waals surface area contributed by atoms with E-state index in [2.05, 4.69) is 22.8 Å². The number of amides is 1. The molecule has 0 radical (unpaired) electrons. The Kier molecular flexibility index (Phi) is 6.31. The first kappa shape index (κ1) is 19.0. The lowest BCUT2D eigenvalue weighted by molar-refractivity contribution is -0.111. The number of hydrogen-bond donors (Lipinski definition) is 3. The van der Waals surface area contributed by atoms with Gasteiger partial charge >= 0.3 is 0 Å². The van der Waals surface area contributed by atoms with E-state index < -0.39 is 0 Å². The number of rotatable bonds is 7. The fourth-order valence-corrected chi connectivity index (χ4v) is 2.67. The molecule has 0 spiro atoms. The molecule has 28 heavy (non-hydrogen) atoms. The molecular weight excluding hydrogens is 352 g/mol. The molecule has 0 aliphatic rings. The molecule has 0 saturated heterocycles. The van der Waals surface area contributed by atoms with Gasteiger partial charge in [-0.05, 0) is 47.5 Å². The lowest BCUT2D eigenvalue weighted by Crippen LogP contribution is -2.08. The van der Waals surface area contributed by atoms with Crippen molar-refractivity contribution in [3.63, 3.8) is 0 Å². The molecule has 0 bridgehead atoms. The number of aromatic hydroxyl groups is 1. The third-order valence-corrected chi connectivity index (χ3v) is 4.10. The zero-order valence-corrected chi connectivity index (χ0v) is 15.6. The number of phenols is 1. The summed E-state index contributed by atoms with van der Waals surface area (Å²) in [5, 5.41) is 16.0. The number of phenolic OH excluding ortho intramolecular Hbond substituents is 1. The maximum absolute atomic E-state index is 12.2. The van der Waals surface area contributed by atoms with Gasteiger partial charge in [0.15, 0.2) is 11.5 Å². The minimum atomic E-state index is -0.254. The number of benzene rings is 3. The van der Waals surface area contributed by atoms with Crippen molar-refractivity contribution in [3.05, 3.63) is 90.0 Å². The van der Waals surface area contributed by atoms with E-state index in [1.165, 1.54) is 24.8 Å². The topological polar surface area (TPSA) is 70.6 Å². The van der Waals surface area contributed by atoms with Crippen LogP contribution in [0.4, 0.5) is 11.4 Å². The molecule has 0 unspecified atom stereocenters. The van der Waals surface area contributed by atoms with Crippen LogP contribution in [0.2, 0.25) is 0 Å². The smallest absolute Gasteiger partial charge is 0.248 e. The molecule has 0 aromatic heterocycles. The predicted molar refractivity (Wildman–Crippen MR) is 113 cm³/mol. The minimum Gasteiger partial charge on any atom is -0.504 e. The summed E-state index contributed by atoms with van der Waals surface area (Å²) in [5.41, 5.74) is 3.50. The van der Waals surface area contributed by atoms with Gasteiger partial charge in [0.25, 0.3) is 0 Å². The Bertz CT molecular complexity index is 969. The standard InChI is InChI=1S/C23H22N2O3/c1-28-22-12-10-17(14-21(22)26)11-13-23(27)25-20-9-5-8-19(15-20)24-16-18-6-3-2-4-7-18/h2-15,24,26H,16H2,1H3,(H,25,27). The number of ether oxygens (including phenoxy) is 1. The summed E-state index contributed by atoms with van der Waals surface area (Å²) >= 11 is 0. The number of carbonyl (C=O) groups is 1. The van der Waals surface area contributed by atoms with Crippen molar-refractivity contribution >= 4 is 23.4 Å². The molecule has 0 saturated carbocycles. The maximum Gasteiger partial charge on any atom is 0.248 e. The summed E-state index contributed by atoms with van der Waals surface area (Å²) in [4.78, 5) is 12.2. The molecule has 3 N–H and O–H groups in total. The van der Waals surface area contributed by atoms with Crippen LogP contribution in [-0.4, -0.2) is 18.1 Å². The van der Waals surface area contributed by atoms with E-state index in [0.717, 1.165) is 5.69 Å². The van der Waals surface area contributed by atoms with Gasteiger partial charge in [-0.3, -0.25) is 4.79 Å². The molecule has 0 fully saturated rings. The molecule has 0 aliphatic carbocycles. The van der Waals surface area contributed by atoms with E-state index in [9.17, 15) is 9.90 Å². The van der Waals surface area contributed by atoms with Gasteiger partial charge in [-0.25, -0.2) is 0 Å². The average molecular weight is 374 g/mol. The molecule has 5 nitrogen and oxygen atoms in total. The van der Waals surface area contributed by atoms with Crippen molar-refractivity contribution in [2.75, 3.05) is 17.7 Å². The second kappa shape index (κ2) is 9.28. The fraction of sp³-hybridized carbons (Fsp3) is 0.0870. The Hall–Kier alpha value is -3.73. The van der Waals surface area contributed by atoms with Crippen molar-refractivity contribution in [1.29, 1.82) is 0 Å². The monoisotopic (exact) mass is 374 g/mol. The highest BCUT2D eigenvalue weighted by molar-refractivity contribution is 6.02. The zero-order chi connectivity index (χ0) is 19.8. The zero-order valence-electron chi connectivity index (χ0n) is 15.6. The van der Waals surface area contributed by atoms with Crippen LogP contribution in [0.1, 0.15) is 11.1 Å². The molecule has 3 aromatic carbocycles. The van der Waals surface area contributed by atoms with Crippen molar-refractivity contribution in [3.8, 4) is 11.5 Å². The van der Waals surface area contributed by atoms with Crippen LogP contribution in [-0.2, 0) is 11.3 Å². The van der Waals surface area contributed by atoms with Crippen LogP contribution >= 0.6 is 0 Å². The fourth-order valence-electron chi connectivity index (χ4n) is 2.67. The van der Waals surface area contributed by atoms with Crippen molar-refractivity contribution < 1.29 is 14.6 Å². The molecule has 0 aliphatic heterocycles. The van der Waals surface area contributed by atoms with E-state index in [1.54, 1.807) is 18.2 Å². The van der Waals surface area contributed by atoms with Crippen LogP contribution in [0.3, 0.4) is 0 Å². The van der Waals surface area contributed by atoms with Gasteiger partial charge in [0.2, 0.25) is 5.91 Å². The third-order valence-electron chi connectivity index (χ3n) is 4.10. The minimum absolute atomic E-state index is 0.0299. The normalized spacial score (nSPS) is 10.6. The number of anilines is 2. The average Bonchev–Trinajstić information content (AvgIpc) is 2.72. The van der Waals surface area contributed by atoms with Crippen molar-refractivity contribution in [2.24, 2.45) is 0 Å². The van der Waals surface area contributed by atoms with Gasteiger partial charge in [0.1, 0.15) is 0 Å². The van der Waals surface area contributed by atoms with Crippen LogP contribution in [0.25, 0.3) is 6.08 Å². The first-order chi connectivity index (χ1) is 13.6. The SMILES string of the molecule is COc1ccc(C=CC(=O)Nc2cccc(NCc3ccccc3)c2)cc1O. The molecule has 0 heterocycles. The molecule has 1 amide bonds. The van der Waals surface area contributed by atoms with E-state index >= 15 is 0 Å². The Balaban J connectivity index is 1.58.